The molecule has 0 aliphatic carbocycles. The summed E-state index contributed by atoms with van der Waals surface area (Å²) in [5.74, 6) is -0.0801. The van der Waals surface area contributed by atoms with Gasteiger partial charge in [0.2, 0.25) is 0 Å². The first-order chi connectivity index (χ1) is 14.0. The smallest absolute Gasteiger partial charge is 0.274 e. The van der Waals surface area contributed by atoms with Crippen LogP contribution < -0.4 is 0 Å². The Labute approximate surface area is 175 Å². The normalized spacial score (nSPS) is 16.2. The molecular weight excluding hydrogens is 432 g/mol. The van der Waals surface area contributed by atoms with Gasteiger partial charge in [0.05, 0.1) is 16.2 Å². The molecule has 1 amide bonds. The zero-order valence-electron chi connectivity index (χ0n) is 16.1. The second-order valence-electron chi connectivity index (χ2n) is 7.29. The summed E-state index contributed by atoms with van der Waals surface area (Å²) >= 11 is 3.39. The Hall–Kier alpha value is -3.00. The van der Waals surface area contributed by atoms with E-state index in [-0.39, 0.29) is 11.9 Å². The largest absolute Gasteiger partial charge is 0.330 e. The van der Waals surface area contributed by atoms with Crippen LogP contribution in [0, 0.1) is 6.92 Å². The summed E-state index contributed by atoms with van der Waals surface area (Å²) in [7, 11) is 0. The third-order valence-electron chi connectivity index (χ3n) is 5.59. The minimum Gasteiger partial charge on any atom is -0.330 e. The van der Waals surface area contributed by atoms with Gasteiger partial charge < -0.3 is 4.90 Å². The lowest BCUT2D eigenvalue weighted by Crippen LogP contribution is -2.39. The van der Waals surface area contributed by atoms with Gasteiger partial charge in [0, 0.05) is 36.8 Å². The molecule has 0 spiro atoms. The number of carbonyl (C=O) groups is 1. The van der Waals surface area contributed by atoms with Crippen molar-refractivity contribution in [1.82, 2.24) is 29.7 Å². The predicted molar refractivity (Wildman–Crippen MR) is 113 cm³/mol. The summed E-state index contributed by atoms with van der Waals surface area (Å²) in [6.07, 6.45) is 6.23. The van der Waals surface area contributed by atoms with E-state index < -0.39 is 0 Å². The third-order valence-corrected chi connectivity index (χ3v) is 6.00. The van der Waals surface area contributed by atoms with Crippen LogP contribution in [0.25, 0.3) is 16.8 Å². The van der Waals surface area contributed by atoms with Gasteiger partial charge in [0.1, 0.15) is 0 Å². The number of aryl methyl sites for hydroxylation is 1. The molecule has 0 saturated heterocycles. The number of halogens is 1. The number of nitrogens with zero attached hydrogens (tertiary/aromatic N) is 5. The van der Waals surface area contributed by atoms with Gasteiger partial charge in [0.15, 0.2) is 11.3 Å². The molecule has 29 heavy (non-hydrogen) atoms. The summed E-state index contributed by atoms with van der Waals surface area (Å²) < 4.78 is 2.44. The topological polar surface area (TPSA) is 79.2 Å². The van der Waals surface area contributed by atoms with Crippen molar-refractivity contribution in [2.24, 2.45) is 0 Å². The van der Waals surface area contributed by atoms with Crippen LogP contribution in [0.4, 0.5) is 0 Å². The van der Waals surface area contributed by atoms with Crippen LogP contribution in [0.5, 0.6) is 0 Å². The average Bonchev–Trinajstić information content (AvgIpc) is 3.33. The molecule has 1 aliphatic heterocycles. The lowest BCUT2D eigenvalue weighted by Gasteiger charge is -2.36. The summed E-state index contributed by atoms with van der Waals surface area (Å²) in [5.41, 5.74) is 6.66. The van der Waals surface area contributed by atoms with Crippen LogP contribution >= 0.6 is 15.9 Å². The SMILES string of the molecule is Cc1n[nH]cc1-c1cccc2c1C(C)N(C(=O)c1cc3ncc(Br)cn3n1)CC2. The second-order valence-corrected chi connectivity index (χ2v) is 8.21. The molecule has 0 fully saturated rings. The third kappa shape index (κ3) is 2.95. The molecule has 8 heteroatoms. The Morgan fingerprint density at radius 3 is 2.97 bits per heavy atom. The van der Waals surface area contributed by atoms with Gasteiger partial charge in [-0.15, -0.1) is 0 Å². The summed E-state index contributed by atoms with van der Waals surface area (Å²) in [5, 5.41) is 11.7. The Balaban J connectivity index is 1.54. The van der Waals surface area contributed by atoms with E-state index in [1.54, 1.807) is 23.0 Å². The lowest BCUT2D eigenvalue weighted by molar-refractivity contribution is 0.0672. The van der Waals surface area contributed by atoms with Crippen LogP contribution in [-0.2, 0) is 6.42 Å². The number of fused-ring (bicyclic) bond motifs is 2. The molecular formula is C21H19BrN6O. The standard InChI is InChI=1S/C21H19BrN6O/c1-12-17(10-24-25-12)16-5-3-4-14-6-7-27(13(2)20(14)16)21(29)18-8-19-23-9-15(22)11-28(19)26-18/h3-5,8-11,13H,6-7H2,1-2H3,(H,24,25). The zero-order chi connectivity index (χ0) is 20.1. The fraction of sp³-hybridized carbons (Fsp3) is 0.238. The maximum Gasteiger partial charge on any atom is 0.274 e. The number of hydrogen-bond donors (Lipinski definition) is 1. The van der Waals surface area contributed by atoms with Gasteiger partial charge in [-0.25, -0.2) is 9.50 Å². The number of rotatable bonds is 2. The molecule has 1 aliphatic rings. The van der Waals surface area contributed by atoms with Gasteiger partial charge in [-0.2, -0.15) is 10.2 Å². The van der Waals surface area contributed by atoms with Crippen molar-refractivity contribution < 1.29 is 4.79 Å². The highest BCUT2D eigenvalue weighted by atomic mass is 79.9. The quantitative estimate of drug-likeness (QED) is 0.501. The van der Waals surface area contributed by atoms with Gasteiger partial charge >= 0.3 is 0 Å². The molecule has 1 unspecified atom stereocenters. The van der Waals surface area contributed by atoms with Gasteiger partial charge in [-0.1, -0.05) is 18.2 Å². The van der Waals surface area contributed by atoms with Gasteiger partial charge in [0.25, 0.3) is 5.91 Å². The van der Waals surface area contributed by atoms with Crippen LogP contribution in [0.3, 0.4) is 0 Å². The maximum atomic E-state index is 13.3. The molecule has 0 saturated carbocycles. The Morgan fingerprint density at radius 1 is 1.31 bits per heavy atom. The van der Waals surface area contributed by atoms with Crippen molar-refractivity contribution in [1.29, 1.82) is 0 Å². The summed E-state index contributed by atoms with van der Waals surface area (Å²) in [6.45, 7) is 4.73. The molecule has 1 atom stereocenters. The van der Waals surface area contributed by atoms with Crippen LogP contribution in [0.15, 0.2) is 47.3 Å². The van der Waals surface area contributed by atoms with Gasteiger partial charge in [-0.05, 0) is 52.9 Å². The van der Waals surface area contributed by atoms with Crippen molar-refractivity contribution in [3.05, 3.63) is 69.8 Å². The highest BCUT2D eigenvalue weighted by molar-refractivity contribution is 9.10. The molecule has 4 aromatic rings. The predicted octanol–water partition coefficient (Wildman–Crippen LogP) is 3.95. The molecule has 0 bridgehead atoms. The lowest BCUT2D eigenvalue weighted by atomic mass is 9.86. The Morgan fingerprint density at radius 2 is 2.17 bits per heavy atom. The molecule has 0 radical (unpaired) electrons. The first kappa shape index (κ1) is 18.1. The molecule has 1 N–H and O–H groups in total. The van der Waals surface area contributed by atoms with Crippen LogP contribution in [-0.4, -0.2) is 42.1 Å². The monoisotopic (exact) mass is 450 g/mol. The number of carbonyl (C=O) groups excluding carboxylic acids is 1. The fourth-order valence-electron chi connectivity index (χ4n) is 4.16. The fourth-order valence-corrected chi connectivity index (χ4v) is 4.46. The molecule has 7 nitrogen and oxygen atoms in total. The van der Waals surface area contributed by atoms with E-state index in [4.69, 9.17) is 0 Å². The highest BCUT2D eigenvalue weighted by Gasteiger charge is 2.32. The van der Waals surface area contributed by atoms with E-state index in [1.807, 2.05) is 18.0 Å². The summed E-state index contributed by atoms with van der Waals surface area (Å²) in [4.78, 5) is 19.5. The number of aromatic amines is 1. The first-order valence-electron chi connectivity index (χ1n) is 9.47. The van der Waals surface area contributed by atoms with E-state index >= 15 is 0 Å². The number of aromatic nitrogens is 5. The molecule has 5 rings (SSSR count). The number of benzene rings is 1. The Kier molecular flexibility index (Phi) is 4.24. The second kappa shape index (κ2) is 6.81. The number of hydrogen-bond acceptors (Lipinski definition) is 4. The van der Waals surface area contributed by atoms with Crippen molar-refractivity contribution in [2.45, 2.75) is 26.3 Å². The van der Waals surface area contributed by atoms with E-state index in [2.05, 4.69) is 61.3 Å². The highest BCUT2D eigenvalue weighted by Crippen LogP contribution is 2.38. The molecule has 4 heterocycles. The Bertz CT molecular complexity index is 1240. The first-order valence-corrected chi connectivity index (χ1v) is 10.3. The van der Waals surface area contributed by atoms with Crippen LogP contribution in [0.1, 0.15) is 40.3 Å². The number of amides is 1. The molecule has 146 valence electrons. The van der Waals surface area contributed by atoms with Gasteiger partial charge in [-0.3, -0.25) is 9.89 Å². The molecule has 1 aromatic carbocycles. The van der Waals surface area contributed by atoms with E-state index in [0.717, 1.165) is 27.7 Å². The van der Waals surface area contributed by atoms with Crippen molar-refractivity contribution in [2.75, 3.05) is 6.54 Å². The average molecular weight is 451 g/mol. The van der Waals surface area contributed by atoms with E-state index in [0.29, 0.717) is 17.9 Å². The number of H-pyrrole nitrogens is 1. The van der Waals surface area contributed by atoms with Crippen LogP contribution in [0.2, 0.25) is 0 Å². The van der Waals surface area contributed by atoms with Crippen molar-refractivity contribution >= 4 is 27.5 Å². The number of nitrogens with one attached hydrogen (secondary N) is 1. The van der Waals surface area contributed by atoms with Crippen molar-refractivity contribution in [3.8, 4) is 11.1 Å². The zero-order valence-corrected chi connectivity index (χ0v) is 17.6. The van der Waals surface area contributed by atoms with Crippen molar-refractivity contribution in [3.63, 3.8) is 0 Å². The van der Waals surface area contributed by atoms with E-state index in [1.165, 1.54) is 11.1 Å². The summed E-state index contributed by atoms with van der Waals surface area (Å²) in [6, 6.07) is 8.01. The maximum absolute atomic E-state index is 13.3. The minimum absolute atomic E-state index is 0.0683. The van der Waals surface area contributed by atoms with E-state index in [9.17, 15) is 4.79 Å². The minimum atomic E-state index is -0.0801. The molecule has 3 aromatic heterocycles.